The van der Waals surface area contributed by atoms with Crippen molar-refractivity contribution in [2.45, 2.75) is 18.2 Å². The van der Waals surface area contributed by atoms with Crippen LogP contribution in [0.5, 0.6) is 5.75 Å². The molecule has 3 heterocycles. The summed E-state index contributed by atoms with van der Waals surface area (Å²) in [5, 5.41) is 19.5. The number of amides is 1. The number of nitrogens with zero attached hydrogens (tertiary/aromatic N) is 3. The molecule has 1 aliphatic rings. The quantitative estimate of drug-likeness (QED) is 0.354. The number of ether oxygens (including phenoxy) is 2. The lowest BCUT2D eigenvalue weighted by Crippen LogP contribution is -2.26. The van der Waals surface area contributed by atoms with E-state index in [1.54, 1.807) is 24.4 Å². The highest BCUT2D eigenvalue weighted by molar-refractivity contribution is 6.20. The number of aromatic amines is 1. The fourth-order valence-electron chi connectivity index (χ4n) is 3.96. The number of aromatic nitrogens is 4. The second-order valence-corrected chi connectivity index (χ2v) is 8.08. The number of fused-ring (bicyclic) bond motifs is 3. The predicted molar refractivity (Wildman–Crippen MR) is 119 cm³/mol. The number of nitrogens with one attached hydrogen (secondary N) is 2. The number of imidazole rings is 1. The van der Waals surface area contributed by atoms with E-state index in [0.717, 1.165) is 5.52 Å². The molecule has 0 aliphatic carbocycles. The standard InChI is InChI=1S/C22H18ClF2N5O4/c23-22(24,25)34-15-3-1-13(2-4-15)27-21(32)12-7-16(17-5-6-26-29-17)20-18(8-12)28-19-11-33-10-14(9-31)30(19)20/h1-8,14,31H,9-11H2,(H,26,29)(H,27,32). The second kappa shape index (κ2) is 8.67. The van der Waals surface area contributed by atoms with E-state index in [4.69, 9.17) is 16.3 Å². The number of benzene rings is 2. The summed E-state index contributed by atoms with van der Waals surface area (Å²) in [5.41, 5.74) is -0.460. The van der Waals surface area contributed by atoms with Crippen molar-refractivity contribution < 1.29 is 28.2 Å². The Morgan fingerprint density at radius 1 is 1.32 bits per heavy atom. The number of anilines is 1. The molecule has 0 fully saturated rings. The van der Waals surface area contributed by atoms with Crippen LogP contribution in [-0.4, -0.2) is 49.5 Å². The van der Waals surface area contributed by atoms with Crippen LogP contribution in [0.2, 0.25) is 0 Å². The van der Waals surface area contributed by atoms with Crippen LogP contribution in [0.25, 0.3) is 22.3 Å². The Kier molecular flexibility index (Phi) is 5.68. The van der Waals surface area contributed by atoms with Gasteiger partial charge in [0.05, 0.1) is 36.0 Å². The van der Waals surface area contributed by atoms with Crippen LogP contribution >= 0.6 is 11.6 Å². The van der Waals surface area contributed by atoms with Gasteiger partial charge in [0, 0.05) is 34.6 Å². The molecule has 4 aromatic rings. The summed E-state index contributed by atoms with van der Waals surface area (Å²) in [5.74, 6) is 0.0652. The van der Waals surface area contributed by atoms with Crippen molar-refractivity contribution >= 4 is 34.2 Å². The summed E-state index contributed by atoms with van der Waals surface area (Å²) < 4.78 is 37.3. The Labute approximate surface area is 196 Å². The maximum absolute atomic E-state index is 13.0. The lowest BCUT2D eigenvalue weighted by Gasteiger charge is -2.25. The van der Waals surface area contributed by atoms with Crippen molar-refractivity contribution in [3.8, 4) is 17.0 Å². The first-order valence-corrected chi connectivity index (χ1v) is 10.6. The molecule has 0 saturated carbocycles. The van der Waals surface area contributed by atoms with E-state index in [2.05, 4.69) is 25.2 Å². The van der Waals surface area contributed by atoms with Gasteiger partial charge in [0.2, 0.25) is 0 Å². The largest absolute Gasteiger partial charge is 0.487 e. The molecule has 1 amide bonds. The lowest BCUT2D eigenvalue weighted by molar-refractivity contribution is -0.0964. The third kappa shape index (κ3) is 4.32. The maximum atomic E-state index is 13.0. The van der Waals surface area contributed by atoms with Gasteiger partial charge in [0.15, 0.2) is 0 Å². The average Bonchev–Trinajstić information content (AvgIpc) is 3.46. The molecule has 1 unspecified atom stereocenters. The molecule has 2 aromatic carbocycles. The number of hydrogen-bond donors (Lipinski definition) is 3. The molecule has 176 valence electrons. The van der Waals surface area contributed by atoms with Crippen molar-refractivity contribution in [2.75, 3.05) is 18.5 Å². The molecular weight excluding hydrogens is 472 g/mol. The van der Waals surface area contributed by atoms with Gasteiger partial charge < -0.3 is 24.5 Å². The molecule has 0 radical (unpaired) electrons. The van der Waals surface area contributed by atoms with Crippen molar-refractivity contribution in [3.05, 3.63) is 60.0 Å². The summed E-state index contributed by atoms with van der Waals surface area (Å²) in [7, 11) is 0. The second-order valence-electron chi connectivity index (χ2n) is 7.64. The van der Waals surface area contributed by atoms with Crippen LogP contribution < -0.4 is 10.1 Å². The van der Waals surface area contributed by atoms with E-state index in [0.29, 0.717) is 40.5 Å². The van der Waals surface area contributed by atoms with E-state index in [9.17, 15) is 18.7 Å². The van der Waals surface area contributed by atoms with Crippen LogP contribution in [0.4, 0.5) is 14.5 Å². The Balaban J connectivity index is 1.51. The monoisotopic (exact) mass is 489 g/mol. The Morgan fingerprint density at radius 3 is 2.79 bits per heavy atom. The van der Waals surface area contributed by atoms with Gasteiger partial charge in [-0.3, -0.25) is 9.89 Å². The fraction of sp³-hybridized carbons (Fsp3) is 0.227. The number of hydrogen-bond acceptors (Lipinski definition) is 6. The molecule has 9 nitrogen and oxygen atoms in total. The Hall–Kier alpha value is -3.54. The summed E-state index contributed by atoms with van der Waals surface area (Å²) in [6.07, 6.45) is 1.60. The zero-order chi connectivity index (χ0) is 23.9. The number of aliphatic hydroxyl groups excluding tert-OH is 1. The average molecular weight is 490 g/mol. The molecule has 1 atom stereocenters. The molecule has 2 aromatic heterocycles. The van der Waals surface area contributed by atoms with Gasteiger partial charge >= 0.3 is 5.57 Å². The number of alkyl halides is 3. The van der Waals surface area contributed by atoms with Gasteiger partial charge in [0.1, 0.15) is 18.2 Å². The first-order valence-electron chi connectivity index (χ1n) is 10.2. The third-order valence-electron chi connectivity index (χ3n) is 5.37. The molecule has 1 aliphatic heterocycles. The molecule has 0 saturated heterocycles. The minimum atomic E-state index is -3.83. The minimum Gasteiger partial charge on any atom is -0.420 e. The van der Waals surface area contributed by atoms with Crippen LogP contribution in [0.1, 0.15) is 22.2 Å². The van der Waals surface area contributed by atoms with Crippen molar-refractivity contribution in [2.24, 2.45) is 0 Å². The zero-order valence-electron chi connectivity index (χ0n) is 17.5. The molecule has 12 heteroatoms. The van der Waals surface area contributed by atoms with Gasteiger partial charge in [-0.2, -0.15) is 5.10 Å². The van der Waals surface area contributed by atoms with Gasteiger partial charge in [-0.15, -0.1) is 8.78 Å². The highest BCUT2D eigenvalue weighted by Crippen LogP contribution is 2.34. The molecular formula is C22H18ClF2N5O4. The Bertz CT molecular complexity index is 1340. The molecule has 5 rings (SSSR count). The summed E-state index contributed by atoms with van der Waals surface area (Å²) in [6, 6.07) is 10.2. The third-order valence-corrected chi connectivity index (χ3v) is 5.45. The zero-order valence-corrected chi connectivity index (χ0v) is 18.2. The van der Waals surface area contributed by atoms with Gasteiger partial charge in [0.25, 0.3) is 5.91 Å². The molecule has 3 N–H and O–H groups in total. The van der Waals surface area contributed by atoms with Crippen LogP contribution in [0.15, 0.2) is 48.7 Å². The molecule has 0 spiro atoms. The van der Waals surface area contributed by atoms with Crippen molar-refractivity contribution in [1.82, 2.24) is 19.7 Å². The summed E-state index contributed by atoms with van der Waals surface area (Å²) in [6.45, 7) is 0.498. The van der Waals surface area contributed by atoms with E-state index in [1.165, 1.54) is 24.3 Å². The van der Waals surface area contributed by atoms with Crippen molar-refractivity contribution in [3.63, 3.8) is 0 Å². The minimum absolute atomic E-state index is 0.127. The number of rotatable bonds is 6. The van der Waals surface area contributed by atoms with Crippen LogP contribution in [0.3, 0.4) is 0 Å². The van der Waals surface area contributed by atoms with Crippen LogP contribution in [-0.2, 0) is 11.3 Å². The fourth-order valence-corrected chi connectivity index (χ4v) is 4.04. The smallest absolute Gasteiger partial charge is 0.420 e. The normalized spacial score (nSPS) is 15.8. The van der Waals surface area contributed by atoms with E-state index < -0.39 is 11.5 Å². The van der Waals surface area contributed by atoms with E-state index in [1.807, 2.05) is 4.57 Å². The highest BCUT2D eigenvalue weighted by atomic mass is 35.5. The van der Waals surface area contributed by atoms with E-state index >= 15 is 0 Å². The number of aliphatic hydroxyl groups is 1. The summed E-state index contributed by atoms with van der Waals surface area (Å²) >= 11 is 4.77. The Morgan fingerprint density at radius 2 is 2.12 bits per heavy atom. The van der Waals surface area contributed by atoms with Crippen molar-refractivity contribution in [1.29, 1.82) is 0 Å². The predicted octanol–water partition coefficient (Wildman–Crippen LogP) is 3.91. The first-order chi connectivity index (χ1) is 16.3. The number of halogens is 3. The number of carbonyl (C=O) groups excluding carboxylic acids is 1. The number of carbonyl (C=O) groups is 1. The lowest BCUT2D eigenvalue weighted by atomic mass is 10.0. The highest BCUT2D eigenvalue weighted by Gasteiger charge is 2.28. The molecule has 0 bridgehead atoms. The van der Waals surface area contributed by atoms with Gasteiger partial charge in [-0.25, -0.2) is 4.98 Å². The topological polar surface area (TPSA) is 114 Å². The summed E-state index contributed by atoms with van der Waals surface area (Å²) in [4.78, 5) is 17.7. The number of H-pyrrole nitrogens is 1. The SMILES string of the molecule is O=C(Nc1ccc(OC(F)(F)Cl)cc1)c1cc(-c2ccn[nH]2)c2c(c1)nc1n2C(CO)COC1. The van der Waals surface area contributed by atoms with E-state index in [-0.39, 0.29) is 25.0 Å². The van der Waals surface area contributed by atoms with Crippen LogP contribution in [0, 0.1) is 0 Å². The van der Waals surface area contributed by atoms with Gasteiger partial charge in [-0.05, 0) is 42.5 Å². The first kappa shape index (κ1) is 22.3. The maximum Gasteiger partial charge on any atom is 0.487 e. The molecule has 34 heavy (non-hydrogen) atoms. The van der Waals surface area contributed by atoms with Gasteiger partial charge in [-0.1, -0.05) is 0 Å².